The Hall–Kier alpha value is -2.30. The van der Waals surface area contributed by atoms with Gasteiger partial charge in [-0.3, -0.25) is 0 Å². The summed E-state index contributed by atoms with van der Waals surface area (Å²) in [5.74, 6) is 0.559. The minimum atomic E-state index is -0.200. The average molecular weight is 199 g/mol. The Bertz CT molecular complexity index is 556. The van der Waals surface area contributed by atoms with Crippen LogP contribution in [0.15, 0.2) is 48.0 Å². The second kappa shape index (κ2) is 2.84. The topological polar surface area (TPSA) is 50.3 Å². The Morgan fingerprint density at radius 1 is 1.20 bits per heavy atom. The molecular weight excluding hydrogens is 192 g/mol. The molecule has 1 aliphatic heterocycles. The van der Waals surface area contributed by atoms with Crippen LogP contribution in [0, 0.1) is 0 Å². The summed E-state index contributed by atoms with van der Waals surface area (Å²) in [6, 6.07) is 9.09. The number of benzene rings is 1. The SMILES string of the molecule is O=C1n2cncc2N=[N+]1c1ccccc1. The number of carbonyl (C=O) groups excluding carboxylic acids is 1. The van der Waals surface area contributed by atoms with Crippen LogP contribution in [-0.2, 0) is 0 Å². The van der Waals surface area contributed by atoms with E-state index >= 15 is 0 Å². The van der Waals surface area contributed by atoms with Crippen LogP contribution < -0.4 is 0 Å². The lowest BCUT2D eigenvalue weighted by Crippen LogP contribution is -2.14. The van der Waals surface area contributed by atoms with Gasteiger partial charge in [0, 0.05) is 0 Å². The summed E-state index contributed by atoms with van der Waals surface area (Å²) in [6.45, 7) is 0. The van der Waals surface area contributed by atoms with Gasteiger partial charge in [0.15, 0.2) is 12.0 Å². The molecule has 3 rings (SSSR count). The first-order chi connectivity index (χ1) is 7.36. The summed E-state index contributed by atoms with van der Waals surface area (Å²) in [7, 11) is 0. The van der Waals surface area contributed by atoms with Gasteiger partial charge < -0.3 is 0 Å². The average Bonchev–Trinajstić information content (AvgIpc) is 2.83. The number of aromatic nitrogens is 2. The standard InChI is InChI=1S/C10H7N4O/c15-10-13-7-11-6-9(13)12-14(10)8-4-2-1-3-5-8/h1-7H/q+1. The summed E-state index contributed by atoms with van der Waals surface area (Å²) in [5.41, 5.74) is 0.756. The molecule has 0 spiro atoms. The van der Waals surface area contributed by atoms with E-state index in [0.29, 0.717) is 5.82 Å². The monoisotopic (exact) mass is 199 g/mol. The van der Waals surface area contributed by atoms with Crippen LogP contribution in [0.1, 0.15) is 0 Å². The molecule has 0 saturated carbocycles. The Kier molecular flexibility index (Phi) is 1.53. The lowest BCUT2D eigenvalue weighted by Gasteiger charge is -1.93. The number of amides is 1. The molecule has 0 saturated heterocycles. The molecule has 1 aromatic carbocycles. The van der Waals surface area contributed by atoms with Gasteiger partial charge in [-0.2, -0.15) is 4.79 Å². The number of nitrogens with zero attached hydrogens (tertiary/aromatic N) is 4. The molecule has 2 heterocycles. The quantitative estimate of drug-likeness (QED) is 0.661. The summed E-state index contributed by atoms with van der Waals surface area (Å²) in [4.78, 5) is 15.7. The fourth-order valence-corrected chi connectivity index (χ4v) is 1.49. The molecule has 0 unspecified atom stereocenters. The van der Waals surface area contributed by atoms with E-state index in [1.807, 2.05) is 30.3 Å². The predicted octanol–water partition coefficient (Wildman–Crippen LogP) is 2.29. The number of imidazole rings is 1. The van der Waals surface area contributed by atoms with Crippen LogP contribution in [0.2, 0.25) is 0 Å². The van der Waals surface area contributed by atoms with Crippen molar-refractivity contribution >= 4 is 17.5 Å². The Labute approximate surface area is 85.3 Å². The van der Waals surface area contributed by atoms with Crippen molar-refractivity contribution in [1.82, 2.24) is 9.55 Å². The van der Waals surface area contributed by atoms with Gasteiger partial charge in [-0.25, -0.2) is 4.98 Å². The van der Waals surface area contributed by atoms with Crippen molar-refractivity contribution in [2.45, 2.75) is 0 Å². The molecule has 1 aliphatic rings. The van der Waals surface area contributed by atoms with Gasteiger partial charge in [0.25, 0.3) is 5.82 Å². The molecule has 15 heavy (non-hydrogen) atoms. The van der Waals surface area contributed by atoms with Gasteiger partial charge in [0.05, 0.1) is 0 Å². The summed E-state index contributed by atoms with van der Waals surface area (Å²) in [6.07, 6.45) is 3.02. The van der Waals surface area contributed by atoms with E-state index in [2.05, 4.69) is 10.1 Å². The third kappa shape index (κ3) is 1.10. The minimum Gasteiger partial charge on any atom is -0.218 e. The molecule has 0 aliphatic carbocycles. The molecule has 0 radical (unpaired) electrons. The largest absolute Gasteiger partial charge is 0.532 e. The van der Waals surface area contributed by atoms with Crippen LogP contribution in [-0.4, -0.2) is 20.3 Å². The number of azo groups is 2. The van der Waals surface area contributed by atoms with Crippen molar-refractivity contribution in [3.8, 4) is 0 Å². The molecule has 1 amide bonds. The highest BCUT2D eigenvalue weighted by molar-refractivity contribution is 5.75. The number of carbonyl (C=O) groups is 1. The van der Waals surface area contributed by atoms with Crippen LogP contribution >= 0.6 is 0 Å². The first kappa shape index (κ1) is 8.05. The number of hydrogen-bond donors (Lipinski definition) is 0. The highest BCUT2D eigenvalue weighted by Gasteiger charge is 2.33. The molecular formula is C10H7N4O+. The van der Waals surface area contributed by atoms with Gasteiger partial charge in [-0.1, -0.05) is 22.9 Å². The first-order valence-electron chi connectivity index (χ1n) is 4.50. The fraction of sp³-hybridized carbons (Fsp3) is 0. The van der Waals surface area contributed by atoms with Gasteiger partial charge in [-0.15, -0.1) is 4.57 Å². The second-order valence-electron chi connectivity index (χ2n) is 3.15. The van der Waals surface area contributed by atoms with Crippen molar-refractivity contribution in [3.63, 3.8) is 0 Å². The summed E-state index contributed by atoms with van der Waals surface area (Å²) in [5, 5.41) is 4.15. The molecule has 5 heteroatoms. The van der Waals surface area contributed by atoms with E-state index in [1.54, 1.807) is 6.20 Å². The number of fused-ring (bicyclic) bond motifs is 1. The normalized spacial score (nSPS) is 13.9. The van der Waals surface area contributed by atoms with Crippen molar-refractivity contribution in [3.05, 3.63) is 42.9 Å². The summed E-state index contributed by atoms with van der Waals surface area (Å²) < 4.78 is 2.77. The van der Waals surface area contributed by atoms with Crippen LogP contribution in [0.3, 0.4) is 0 Å². The van der Waals surface area contributed by atoms with E-state index in [9.17, 15) is 4.79 Å². The lowest BCUT2D eigenvalue weighted by molar-refractivity contribution is -0.398. The Balaban J connectivity index is 2.12. The highest BCUT2D eigenvalue weighted by atomic mass is 16.2. The van der Waals surface area contributed by atoms with Gasteiger partial charge in [-0.05, 0) is 17.2 Å². The predicted molar refractivity (Wildman–Crippen MR) is 51.5 cm³/mol. The molecule has 5 nitrogen and oxygen atoms in total. The Morgan fingerprint density at radius 2 is 2.00 bits per heavy atom. The van der Waals surface area contributed by atoms with E-state index in [1.165, 1.54) is 15.6 Å². The van der Waals surface area contributed by atoms with Crippen molar-refractivity contribution in [2.24, 2.45) is 5.11 Å². The van der Waals surface area contributed by atoms with Crippen molar-refractivity contribution in [2.75, 3.05) is 0 Å². The molecule has 1 aromatic heterocycles. The smallest absolute Gasteiger partial charge is 0.218 e. The van der Waals surface area contributed by atoms with E-state index in [-0.39, 0.29) is 6.03 Å². The van der Waals surface area contributed by atoms with Gasteiger partial charge >= 0.3 is 6.03 Å². The molecule has 0 atom stereocenters. The molecule has 2 aromatic rings. The third-order valence-corrected chi connectivity index (χ3v) is 2.21. The minimum absolute atomic E-state index is 0.200. The van der Waals surface area contributed by atoms with Gasteiger partial charge in [0.1, 0.15) is 6.20 Å². The van der Waals surface area contributed by atoms with Crippen molar-refractivity contribution in [1.29, 1.82) is 0 Å². The van der Waals surface area contributed by atoms with Crippen LogP contribution in [0.25, 0.3) is 0 Å². The third-order valence-electron chi connectivity index (χ3n) is 2.21. The highest BCUT2D eigenvalue weighted by Crippen LogP contribution is 2.24. The molecule has 0 bridgehead atoms. The van der Waals surface area contributed by atoms with Gasteiger partial charge in [0.2, 0.25) is 0 Å². The zero-order valence-corrected chi connectivity index (χ0v) is 7.74. The summed E-state index contributed by atoms with van der Waals surface area (Å²) >= 11 is 0. The molecule has 0 fully saturated rings. The molecule has 72 valence electrons. The number of hydrogen-bond acceptors (Lipinski definition) is 3. The van der Waals surface area contributed by atoms with E-state index < -0.39 is 0 Å². The zero-order chi connectivity index (χ0) is 10.3. The van der Waals surface area contributed by atoms with Crippen LogP contribution in [0.5, 0.6) is 0 Å². The Morgan fingerprint density at radius 3 is 2.73 bits per heavy atom. The first-order valence-corrected chi connectivity index (χ1v) is 4.50. The van der Waals surface area contributed by atoms with E-state index in [0.717, 1.165) is 5.69 Å². The maximum absolute atomic E-state index is 11.8. The fourth-order valence-electron chi connectivity index (χ4n) is 1.49. The molecule has 0 N–H and O–H groups in total. The number of para-hydroxylation sites is 1. The zero-order valence-electron chi connectivity index (χ0n) is 7.74. The maximum atomic E-state index is 11.8. The lowest BCUT2D eigenvalue weighted by atomic mass is 10.3. The van der Waals surface area contributed by atoms with Crippen LogP contribution in [0.4, 0.5) is 16.3 Å². The maximum Gasteiger partial charge on any atom is 0.532 e. The van der Waals surface area contributed by atoms with Crippen molar-refractivity contribution < 1.29 is 9.49 Å². The van der Waals surface area contributed by atoms with E-state index in [4.69, 9.17) is 0 Å². The second-order valence-corrected chi connectivity index (χ2v) is 3.15. The number of rotatable bonds is 1.